The molecule has 0 bridgehead atoms. The SMILES string of the molecule is CCC(C)(CNc1cccc([N+](=O)[O-])c1)C(=O)O. The Kier molecular flexibility index (Phi) is 4.25. The maximum absolute atomic E-state index is 11.1. The van der Waals surface area contributed by atoms with Crippen LogP contribution in [0, 0.1) is 15.5 Å². The minimum atomic E-state index is -0.886. The lowest BCUT2D eigenvalue weighted by molar-refractivity contribution is -0.384. The summed E-state index contributed by atoms with van der Waals surface area (Å²) in [6.07, 6.45) is 0.476. The van der Waals surface area contributed by atoms with Crippen LogP contribution in [0.15, 0.2) is 24.3 Å². The van der Waals surface area contributed by atoms with Crippen LogP contribution in [0.25, 0.3) is 0 Å². The maximum atomic E-state index is 11.1. The molecule has 1 rings (SSSR count). The van der Waals surface area contributed by atoms with Gasteiger partial charge in [-0.15, -0.1) is 0 Å². The zero-order valence-corrected chi connectivity index (χ0v) is 10.3. The van der Waals surface area contributed by atoms with Gasteiger partial charge in [0.1, 0.15) is 0 Å². The quantitative estimate of drug-likeness (QED) is 0.599. The van der Waals surface area contributed by atoms with E-state index in [1.54, 1.807) is 26.0 Å². The monoisotopic (exact) mass is 252 g/mol. The van der Waals surface area contributed by atoms with E-state index in [0.717, 1.165) is 0 Å². The lowest BCUT2D eigenvalue weighted by Crippen LogP contribution is -2.34. The number of non-ortho nitro benzene ring substituents is 1. The molecule has 0 aliphatic heterocycles. The van der Waals surface area contributed by atoms with Crippen molar-refractivity contribution in [1.82, 2.24) is 0 Å². The summed E-state index contributed by atoms with van der Waals surface area (Å²) in [7, 11) is 0. The van der Waals surface area contributed by atoms with Crippen molar-refractivity contribution < 1.29 is 14.8 Å². The van der Waals surface area contributed by atoms with Crippen molar-refractivity contribution in [2.45, 2.75) is 20.3 Å². The Bertz CT molecular complexity index is 461. The Morgan fingerprint density at radius 3 is 2.72 bits per heavy atom. The molecule has 0 aromatic heterocycles. The number of carboxylic acids is 1. The number of nitrogens with zero attached hydrogens (tertiary/aromatic N) is 1. The van der Waals surface area contributed by atoms with Gasteiger partial charge in [-0.25, -0.2) is 0 Å². The molecule has 98 valence electrons. The first-order chi connectivity index (χ1) is 8.39. The number of nitro benzene ring substituents is 1. The number of nitrogens with one attached hydrogen (secondary N) is 1. The lowest BCUT2D eigenvalue weighted by Gasteiger charge is -2.23. The highest BCUT2D eigenvalue weighted by Crippen LogP contribution is 2.23. The van der Waals surface area contributed by atoms with Crippen LogP contribution in [0.5, 0.6) is 0 Å². The van der Waals surface area contributed by atoms with Crippen LogP contribution in [-0.2, 0) is 4.79 Å². The van der Waals surface area contributed by atoms with Gasteiger partial charge in [-0.2, -0.15) is 0 Å². The maximum Gasteiger partial charge on any atom is 0.311 e. The minimum absolute atomic E-state index is 0.0199. The number of nitro groups is 1. The smallest absolute Gasteiger partial charge is 0.311 e. The van der Waals surface area contributed by atoms with Crippen molar-refractivity contribution in [3.8, 4) is 0 Å². The minimum Gasteiger partial charge on any atom is -0.481 e. The summed E-state index contributed by atoms with van der Waals surface area (Å²) in [4.78, 5) is 21.2. The lowest BCUT2D eigenvalue weighted by atomic mass is 9.87. The molecule has 6 heteroatoms. The average molecular weight is 252 g/mol. The van der Waals surface area contributed by atoms with E-state index < -0.39 is 16.3 Å². The molecule has 0 saturated carbocycles. The molecule has 0 heterocycles. The number of carbonyl (C=O) groups is 1. The second-order valence-corrected chi connectivity index (χ2v) is 4.38. The van der Waals surface area contributed by atoms with Gasteiger partial charge in [-0.3, -0.25) is 14.9 Å². The number of carboxylic acid groups (broad SMARTS) is 1. The molecule has 6 nitrogen and oxygen atoms in total. The highest BCUT2D eigenvalue weighted by Gasteiger charge is 2.30. The number of hydrogen-bond donors (Lipinski definition) is 2. The highest BCUT2D eigenvalue weighted by atomic mass is 16.6. The van der Waals surface area contributed by atoms with E-state index >= 15 is 0 Å². The standard InChI is InChI=1S/C12H16N2O4/c1-3-12(2,11(15)16)8-13-9-5-4-6-10(7-9)14(17)18/h4-7,13H,3,8H2,1-2H3,(H,15,16). The van der Waals surface area contributed by atoms with E-state index in [-0.39, 0.29) is 12.2 Å². The highest BCUT2D eigenvalue weighted by molar-refractivity contribution is 5.75. The van der Waals surface area contributed by atoms with Crippen molar-refractivity contribution in [3.63, 3.8) is 0 Å². The molecule has 1 aromatic carbocycles. The summed E-state index contributed by atoms with van der Waals surface area (Å²) >= 11 is 0. The molecule has 0 aliphatic carbocycles. The van der Waals surface area contributed by atoms with Crippen LogP contribution in [0.2, 0.25) is 0 Å². The van der Waals surface area contributed by atoms with Crippen molar-refractivity contribution in [2.75, 3.05) is 11.9 Å². The van der Waals surface area contributed by atoms with Gasteiger partial charge >= 0.3 is 5.97 Å². The number of benzene rings is 1. The third-order valence-corrected chi connectivity index (χ3v) is 3.04. The van der Waals surface area contributed by atoms with E-state index in [2.05, 4.69) is 5.32 Å². The van der Waals surface area contributed by atoms with E-state index in [1.165, 1.54) is 12.1 Å². The molecule has 0 amide bonds. The molecular weight excluding hydrogens is 236 g/mol. The number of aliphatic carboxylic acids is 1. The molecule has 0 aliphatic rings. The van der Waals surface area contributed by atoms with Crippen molar-refractivity contribution in [1.29, 1.82) is 0 Å². The molecule has 0 spiro atoms. The molecular formula is C12H16N2O4. The van der Waals surface area contributed by atoms with Crippen LogP contribution < -0.4 is 5.32 Å². The fourth-order valence-electron chi connectivity index (χ4n) is 1.38. The Hall–Kier alpha value is -2.11. The largest absolute Gasteiger partial charge is 0.481 e. The summed E-state index contributed by atoms with van der Waals surface area (Å²) in [6.45, 7) is 3.66. The fraction of sp³-hybridized carbons (Fsp3) is 0.417. The van der Waals surface area contributed by atoms with E-state index in [4.69, 9.17) is 5.11 Å². The predicted octanol–water partition coefficient (Wildman–Crippen LogP) is 2.51. The number of anilines is 1. The van der Waals surface area contributed by atoms with E-state index in [0.29, 0.717) is 12.1 Å². The molecule has 1 unspecified atom stereocenters. The molecule has 2 N–H and O–H groups in total. The van der Waals surface area contributed by atoms with Gasteiger partial charge in [0.2, 0.25) is 0 Å². The molecule has 0 radical (unpaired) electrons. The number of hydrogen-bond acceptors (Lipinski definition) is 4. The molecule has 1 atom stereocenters. The van der Waals surface area contributed by atoms with Gasteiger partial charge < -0.3 is 10.4 Å². The van der Waals surface area contributed by atoms with E-state index in [1.807, 2.05) is 0 Å². The van der Waals surface area contributed by atoms with Crippen LogP contribution >= 0.6 is 0 Å². The van der Waals surface area contributed by atoms with Crippen LogP contribution in [0.3, 0.4) is 0 Å². The van der Waals surface area contributed by atoms with Crippen molar-refractivity contribution in [2.24, 2.45) is 5.41 Å². The van der Waals surface area contributed by atoms with Crippen LogP contribution in [-0.4, -0.2) is 22.5 Å². The van der Waals surface area contributed by atoms with Crippen LogP contribution in [0.1, 0.15) is 20.3 Å². The third-order valence-electron chi connectivity index (χ3n) is 3.04. The first kappa shape index (κ1) is 14.0. The van der Waals surface area contributed by atoms with Crippen molar-refractivity contribution >= 4 is 17.3 Å². The van der Waals surface area contributed by atoms with Gasteiger partial charge in [0.25, 0.3) is 5.69 Å². The average Bonchev–Trinajstić information content (AvgIpc) is 2.36. The van der Waals surface area contributed by atoms with Gasteiger partial charge in [0, 0.05) is 24.4 Å². The summed E-state index contributed by atoms with van der Waals surface area (Å²) in [5, 5.41) is 22.6. The Morgan fingerprint density at radius 2 is 2.22 bits per heavy atom. The summed E-state index contributed by atoms with van der Waals surface area (Å²) in [6, 6.07) is 6.01. The van der Waals surface area contributed by atoms with E-state index in [9.17, 15) is 14.9 Å². The zero-order chi connectivity index (χ0) is 13.8. The topological polar surface area (TPSA) is 92.5 Å². The Labute approximate surface area is 105 Å². The molecule has 1 aromatic rings. The second kappa shape index (κ2) is 5.48. The summed E-state index contributed by atoms with van der Waals surface area (Å²) in [5.41, 5.74) is -0.358. The van der Waals surface area contributed by atoms with Gasteiger partial charge in [-0.05, 0) is 19.4 Å². The molecule has 0 saturated heterocycles. The van der Waals surface area contributed by atoms with Gasteiger partial charge in [0.15, 0.2) is 0 Å². The fourth-order valence-corrected chi connectivity index (χ4v) is 1.38. The zero-order valence-electron chi connectivity index (χ0n) is 10.3. The van der Waals surface area contributed by atoms with Gasteiger partial charge in [-0.1, -0.05) is 13.0 Å². The summed E-state index contributed by atoms with van der Waals surface area (Å²) < 4.78 is 0. The Balaban J connectivity index is 2.77. The van der Waals surface area contributed by atoms with Gasteiger partial charge in [0.05, 0.1) is 10.3 Å². The Morgan fingerprint density at radius 1 is 1.56 bits per heavy atom. The first-order valence-corrected chi connectivity index (χ1v) is 5.61. The predicted molar refractivity (Wildman–Crippen MR) is 67.6 cm³/mol. The van der Waals surface area contributed by atoms with Crippen molar-refractivity contribution in [3.05, 3.63) is 34.4 Å². The molecule has 0 fully saturated rings. The summed E-state index contributed by atoms with van der Waals surface area (Å²) in [5.74, 6) is -0.886. The van der Waals surface area contributed by atoms with Crippen LogP contribution in [0.4, 0.5) is 11.4 Å². The third kappa shape index (κ3) is 3.19. The molecule has 18 heavy (non-hydrogen) atoms. The normalized spacial score (nSPS) is 13.7. The first-order valence-electron chi connectivity index (χ1n) is 5.61. The number of rotatable bonds is 6. The second-order valence-electron chi connectivity index (χ2n) is 4.38.